The Labute approximate surface area is 160 Å². The van der Waals surface area contributed by atoms with Crippen LogP contribution in [-0.2, 0) is 19.1 Å². The van der Waals surface area contributed by atoms with Crippen molar-refractivity contribution in [3.63, 3.8) is 0 Å². The number of esters is 2. The van der Waals surface area contributed by atoms with Gasteiger partial charge in [-0.05, 0) is 19.3 Å². The smallest absolute Gasteiger partial charge is 0.550 e. The number of carboxylic acid groups (broad SMARTS) is 1. The molecule has 0 saturated carbocycles. The molecule has 23 heavy (non-hydrogen) atoms. The van der Waals surface area contributed by atoms with Crippen LogP contribution in [0.5, 0.6) is 0 Å². The van der Waals surface area contributed by atoms with Crippen LogP contribution in [-0.4, -0.2) is 23.9 Å². The standard InChI is InChI=1S/C16H29NO5.Na/c1-2-3-4-5-6-7-8-9-10-15(20)22-16(21)13(17)11-12-14(18)19;/h13H,2-12,17H2,1H3,(H,18,19);/q;+1/p-1/t13-;/m0./s1. The average Bonchev–Trinajstić information content (AvgIpc) is 2.47. The molecular formula is C16H28NNaO5. The molecule has 0 aromatic heterocycles. The summed E-state index contributed by atoms with van der Waals surface area (Å²) < 4.78 is 4.59. The van der Waals surface area contributed by atoms with E-state index in [-0.39, 0.29) is 48.8 Å². The third-order valence-corrected chi connectivity index (χ3v) is 3.41. The molecule has 1 atom stereocenters. The van der Waals surface area contributed by atoms with Gasteiger partial charge in [0, 0.05) is 12.4 Å². The summed E-state index contributed by atoms with van der Waals surface area (Å²) in [7, 11) is 0. The molecule has 128 valence electrons. The number of hydrogen-bond donors (Lipinski definition) is 1. The summed E-state index contributed by atoms with van der Waals surface area (Å²) in [6.45, 7) is 2.18. The fraction of sp³-hybridized carbons (Fsp3) is 0.812. The van der Waals surface area contributed by atoms with Crippen LogP contribution in [0.2, 0.25) is 0 Å². The second-order valence-corrected chi connectivity index (χ2v) is 5.54. The maximum atomic E-state index is 11.4. The van der Waals surface area contributed by atoms with Gasteiger partial charge in [0.15, 0.2) is 0 Å². The molecule has 0 unspecified atom stereocenters. The van der Waals surface area contributed by atoms with Gasteiger partial charge in [-0.25, -0.2) is 4.79 Å². The van der Waals surface area contributed by atoms with Crippen molar-refractivity contribution >= 4 is 17.9 Å². The monoisotopic (exact) mass is 337 g/mol. The van der Waals surface area contributed by atoms with Crippen molar-refractivity contribution in [1.29, 1.82) is 0 Å². The Bertz CT molecular complexity index is 349. The average molecular weight is 337 g/mol. The summed E-state index contributed by atoms with van der Waals surface area (Å²) >= 11 is 0. The van der Waals surface area contributed by atoms with Gasteiger partial charge < -0.3 is 20.4 Å². The van der Waals surface area contributed by atoms with Gasteiger partial charge in [0.05, 0.1) is 0 Å². The van der Waals surface area contributed by atoms with Crippen molar-refractivity contribution < 1.29 is 53.8 Å². The van der Waals surface area contributed by atoms with E-state index >= 15 is 0 Å². The summed E-state index contributed by atoms with van der Waals surface area (Å²) in [4.78, 5) is 33.1. The van der Waals surface area contributed by atoms with Crippen LogP contribution in [0.1, 0.15) is 77.6 Å². The van der Waals surface area contributed by atoms with Gasteiger partial charge in [-0.1, -0.05) is 51.9 Å². The Balaban J connectivity index is 0. The normalized spacial score (nSPS) is 11.4. The molecule has 0 spiro atoms. The zero-order valence-corrected chi connectivity index (χ0v) is 16.5. The van der Waals surface area contributed by atoms with Gasteiger partial charge in [-0.15, -0.1) is 0 Å². The van der Waals surface area contributed by atoms with Crippen molar-refractivity contribution in [1.82, 2.24) is 0 Å². The minimum absolute atomic E-state index is 0. The number of carboxylic acids is 1. The zero-order valence-electron chi connectivity index (χ0n) is 14.5. The second kappa shape index (κ2) is 16.4. The van der Waals surface area contributed by atoms with Gasteiger partial charge in [-0.2, -0.15) is 0 Å². The van der Waals surface area contributed by atoms with E-state index in [4.69, 9.17) is 5.73 Å². The Morgan fingerprint density at radius 3 is 2.00 bits per heavy atom. The van der Waals surface area contributed by atoms with Crippen LogP contribution in [0.4, 0.5) is 0 Å². The van der Waals surface area contributed by atoms with Gasteiger partial charge >= 0.3 is 41.5 Å². The number of nitrogens with two attached hydrogens (primary N) is 1. The molecule has 0 aliphatic heterocycles. The Morgan fingerprint density at radius 1 is 0.957 bits per heavy atom. The van der Waals surface area contributed by atoms with Crippen LogP contribution in [0, 0.1) is 0 Å². The van der Waals surface area contributed by atoms with Crippen LogP contribution in [0.15, 0.2) is 0 Å². The minimum atomic E-state index is -1.28. The molecule has 0 aromatic rings. The van der Waals surface area contributed by atoms with Gasteiger partial charge in [0.2, 0.25) is 0 Å². The van der Waals surface area contributed by atoms with E-state index in [0.29, 0.717) is 6.42 Å². The Kier molecular flexibility index (Phi) is 17.7. The minimum Gasteiger partial charge on any atom is -0.550 e. The number of rotatable bonds is 13. The third kappa shape index (κ3) is 16.2. The molecular weight excluding hydrogens is 309 g/mol. The van der Waals surface area contributed by atoms with Gasteiger partial charge in [-0.3, -0.25) is 4.79 Å². The molecule has 0 bridgehead atoms. The van der Waals surface area contributed by atoms with Crippen LogP contribution in [0.25, 0.3) is 0 Å². The first kappa shape index (κ1) is 24.8. The summed E-state index contributed by atoms with van der Waals surface area (Å²) in [5.41, 5.74) is 5.43. The summed E-state index contributed by atoms with van der Waals surface area (Å²) in [5, 5.41) is 10.2. The van der Waals surface area contributed by atoms with Crippen LogP contribution >= 0.6 is 0 Å². The van der Waals surface area contributed by atoms with Crippen molar-refractivity contribution in [3.8, 4) is 0 Å². The van der Waals surface area contributed by atoms with E-state index in [0.717, 1.165) is 12.8 Å². The van der Waals surface area contributed by atoms with E-state index in [9.17, 15) is 19.5 Å². The van der Waals surface area contributed by atoms with Crippen molar-refractivity contribution in [2.45, 2.75) is 83.6 Å². The van der Waals surface area contributed by atoms with Crippen molar-refractivity contribution in [2.75, 3.05) is 0 Å². The quantitative estimate of drug-likeness (QED) is 0.189. The molecule has 0 aliphatic rings. The van der Waals surface area contributed by atoms with E-state index < -0.39 is 23.9 Å². The first-order valence-corrected chi connectivity index (χ1v) is 8.17. The third-order valence-electron chi connectivity index (χ3n) is 3.41. The largest absolute Gasteiger partial charge is 1.00 e. The Morgan fingerprint density at radius 2 is 1.48 bits per heavy atom. The molecule has 0 aliphatic carbocycles. The SMILES string of the molecule is CCCCCCCCCCC(=O)OC(=O)[C@@H](N)CCC(=O)[O-].[Na+]. The molecule has 0 rings (SSSR count). The van der Waals surface area contributed by atoms with Gasteiger partial charge in [0.25, 0.3) is 0 Å². The topological polar surface area (TPSA) is 110 Å². The number of hydrogen-bond acceptors (Lipinski definition) is 6. The number of ether oxygens (including phenoxy) is 1. The molecule has 0 amide bonds. The second-order valence-electron chi connectivity index (χ2n) is 5.54. The van der Waals surface area contributed by atoms with E-state index in [1.165, 1.54) is 32.1 Å². The maximum Gasteiger partial charge on any atom is 1.00 e. The summed E-state index contributed by atoms with van der Waals surface area (Å²) in [5.74, 6) is -2.75. The summed E-state index contributed by atoms with van der Waals surface area (Å²) in [6, 6.07) is -1.10. The van der Waals surface area contributed by atoms with E-state index in [2.05, 4.69) is 11.7 Å². The predicted molar refractivity (Wildman–Crippen MR) is 80.5 cm³/mol. The fourth-order valence-electron chi connectivity index (χ4n) is 2.03. The number of carbonyl (C=O) groups excluding carboxylic acids is 3. The van der Waals surface area contributed by atoms with Crippen molar-refractivity contribution in [3.05, 3.63) is 0 Å². The molecule has 2 N–H and O–H groups in total. The first-order valence-electron chi connectivity index (χ1n) is 8.17. The van der Waals surface area contributed by atoms with Crippen LogP contribution in [0.3, 0.4) is 0 Å². The zero-order chi connectivity index (χ0) is 16.8. The van der Waals surface area contributed by atoms with E-state index in [1.807, 2.05) is 0 Å². The van der Waals surface area contributed by atoms with Gasteiger partial charge in [0.1, 0.15) is 6.04 Å². The number of unbranched alkanes of at least 4 members (excludes halogenated alkanes) is 7. The summed E-state index contributed by atoms with van der Waals surface area (Å²) in [6.07, 6.45) is 8.62. The maximum absolute atomic E-state index is 11.4. The van der Waals surface area contributed by atoms with E-state index in [1.54, 1.807) is 0 Å². The fourth-order valence-corrected chi connectivity index (χ4v) is 2.03. The predicted octanol–water partition coefficient (Wildman–Crippen LogP) is -1.55. The molecule has 0 heterocycles. The molecule has 0 saturated heterocycles. The molecule has 7 heteroatoms. The number of aliphatic carboxylic acids is 1. The number of carbonyl (C=O) groups is 3. The van der Waals surface area contributed by atoms with Crippen molar-refractivity contribution in [2.24, 2.45) is 5.73 Å². The molecule has 0 aromatic carbocycles. The van der Waals surface area contributed by atoms with Crippen LogP contribution < -0.4 is 40.4 Å². The first-order chi connectivity index (χ1) is 10.5. The molecule has 0 fully saturated rings. The molecule has 0 radical (unpaired) electrons. The Hall–Kier alpha value is -0.430. The molecule has 6 nitrogen and oxygen atoms in total.